The minimum atomic E-state index is -0.899. The number of halogens is 2. The van der Waals surface area contributed by atoms with Crippen LogP contribution in [0.3, 0.4) is 0 Å². The number of hydrogen-bond acceptors (Lipinski definition) is 6. The van der Waals surface area contributed by atoms with E-state index in [0.29, 0.717) is 21.4 Å². The molecule has 2 aromatic rings. The van der Waals surface area contributed by atoms with Crippen molar-refractivity contribution in [2.45, 2.75) is 32.9 Å². The quantitative estimate of drug-likeness (QED) is 0.425. The highest BCUT2D eigenvalue weighted by atomic mass is 79.9. The summed E-state index contributed by atoms with van der Waals surface area (Å²) in [7, 11) is 1.43. The zero-order valence-electron chi connectivity index (χ0n) is 19.5. The number of hydrogen-bond donors (Lipinski definition) is 3. The maximum atomic E-state index is 13.2. The van der Waals surface area contributed by atoms with Crippen molar-refractivity contribution in [2.75, 3.05) is 19.0 Å². The molecule has 1 aliphatic heterocycles. The lowest BCUT2D eigenvalue weighted by Gasteiger charge is -2.29. The molecule has 3 amide bonds. The molecule has 0 bridgehead atoms. The van der Waals surface area contributed by atoms with E-state index >= 15 is 0 Å². The first kappa shape index (κ1) is 26.0. The Morgan fingerprint density at radius 3 is 2.54 bits per heavy atom. The van der Waals surface area contributed by atoms with Crippen molar-refractivity contribution >= 4 is 39.5 Å². The van der Waals surface area contributed by atoms with Crippen LogP contribution in [-0.4, -0.2) is 37.7 Å². The first-order valence-corrected chi connectivity index (χ1v) is 11.5. The zero-order chi connectivity index (χ0) is 25.7. The Morgan fingerprint density at radius 1 is 1.23 bits per heavy atom. The molecule has 0 aromatic heterocycles. The van der Waals surface area contributed by atoms with E-state index in [-0.39, 0.29) is 23.7 Å². The van der Waals surface area contributed by atoms with Crippen LogP contribution in [0.2, 0.25) is 0 Å². The molecule has 0 unspecified atom stereocenters. The summed E-state index contributed by atoms with van der Waals surface area (Å²) in [6.45, 7) is 5.07. The molecule has 0 aliphatic carbocycles. The van der Waals surface area contributed by atoms with E-state index in [2.05, 4.69) is 31.9 Å². The van der Waals surface area contributed by atoms with Crippen LogP contribution in [0.1, 0.15) is 32.4 Å². The summed E-state index contributed by atoms with van der Waals surface area (Å²) < 4.78 is 29.9. The summed E-state index contributed by atoms with van der Waals surface area (Å²) in [5.74, 6) is -0.920. The van der Waals surface area contributed by atoms with Crippen LogP contribution < -0.4 is 25.4 Å². The summed E-state index contributed by atoms with van der Waals surface area (Å²) in [6, 6.07) is 7.26. The second-order valence-corrected chi connectivity index (χ2v) is 8.43. The number of urea groups is 1. The summed E-state index contributed by atoms with van der Waals surface area (Å²) in [5, 5.41) is 8.06. The van der Waals surface area contributed by atoms with Crippen LogP contribution in [-0.2, 0) is 14.3 Å². The first-order valence-electron chi connectivity index (χ1n) is 10.7. The van der Waals surface area contributed by atoms with Crippen molar-refractivity contribution < 1.29 is 33.0 Å². The SMILES string of the molecule is CCOC(=O)[C@@H](C)Oc1c(Br)cc([C@H]2NC(=O)NC(C)=C2C(=O)Nc2ccc(F)cc2)cc1OC. The molecule has 9 nitrogen and oxygen atoms in total. The molecule has 1 aliphatic rings. The fourth-order valence-corrected chi connectivity index (χ4v) is 4.04. The van der Waals surface area contributed by atoms with Crippen molar-refractivity contribution in [3.05, 3.63) is 63.5 Å². The Morgan fingerprint density at radius 2 is 1.91 bits per heavy atom. The van der Waals surface area contributed by atoms with E-state index < -0.39 is 35.9 Å². The molecule has 0 spiro atoms. The minimum absolute atomic E-state index is 0.216. The van der Waals surface area contributed by atoms with Crippen molar-refractivity contribution in [1.82, 2.24) is 10.6 Å². The van der Waals surface area contributed by atoms with Gasteiger partial charge in [-0.05, 0) is 78.7 Å². The number of amides is 3. The van der Waals surface area contributed by atoms with Gasteiger partial charge in [-0.15, -0.1) is 0 Å². The second-order valence-electron chi connectivity index (χ2n) is 7.58. The molecule has 0 fully saturated rings. The second kappa shape index (κ2) is 11.2. The van der Waals surface area contributed by atoms with E-state index in [0.717, 1.165) is 0 Å². The molecule has 186 valence electrons. The van der Waals surface area contributed by atoms with E-state index in [1.807, 2.05) is 0 Å². The van der Waals surface area contributed by atoms with E-state index in [1.54, 1.807) is 32.9 Å². The van der Waals surface area contributed by atoms with Gasteiger partial charge in [0.15, 0.2) is 17.6 Å². The van der Waals surface area contributed by atoms with Gasteiger partial charge in [0.05, 0.1) is 29.8 Å². The molecular weight excluding hydrogens is 525 g/mol. The molecule has 3 rings (SSSR count). The Labute approximate surface area is 210 Å². The third-order valence-corrected chi connectivity index (χ3v) is 5.70. The van der Waals surface area contributed by atoms with Gasteiger partial charge in [-0.3, -0.25) is 4.79 Å². The molecule has 2 atom stereocenters. The molecular formula is C24H25BrFN3O6. The van der Waals surface area contributed by atoms with Gasteiger partial charge in [0.25, 0.3) is 5.91 Å². The Kier molecular flexibility index (Phi) is 8.34. The van der Waals surface area contributed by atoms with Crippen molar-refractivity contribution in [3.8, 4) is 11.5 Å². The molecule has 3 N–H and O–H groups in total. The maximum Gasteiger partial charge on any atom is 0.347 e. The summed E-state index contributed by atoms with van der Waals surface area (Å²) in [6.07, 6.45) is -0.899. The third kappa shape index (κ3) is 6.10. The molecule has 0 saturated heterocycles. The van der Waals surface area contributed by atoms with Crippen molar-refractivity contribution in [2.24, 2.45) is 0 Å². The minimum Gasteiger partial charge on any atom is -0.493 e. The highest BCUT2D eigenvalue weighted by molar-refractivity contribution is 9.10. The normalized spacial score (nSPS) is 16.1. The largest absolute Gasteiger partial charge is 0.493 e. The van der Waals surface area contributed by atoms with E-state index in [9.17, 15) is 18.8 Å². The highest BCUT2D eigenvalue weighted by Gasteiger charge is 2.33. The first-order chi connectivity index (χ1) is 16.6. The van der Waals surface area contributed by atoms with Gasteiger partial charge in [0.1, 0.15) is 5.82 Å². The number of esters is 1. The van der Waals surface area contributed by atoms with Crippen LogP contribution >= 0.6 is 15.9 Å². The van der Waals surface area contributed by atoms with E-state index in [4.69, 9.17) is 14.2 Å². The summed E-state index contributed by atoms with van der Waals surface area (Å²) in [4.78, 5) is 37.4. The van der Waals surface area contributed by atoms with Gasteiger partial charge in [-0.2, -0.15) is 0 Å². The Balaban J connectivity index is 1.96. The number of carbonyl (C=O) groups excluding carboxylic acids is 3. The predicted molar refractivity (Wildman–Crippen MR) is 130 cm³/mol. The summed E-state index contributed by atoms with van der Waals surface area (Å²) in [5.41, 5.74) is 1.51. The monoisotopic (exact) mass is 549 g/mol. The highest BCUT2D eigenvalue weighted by Crippen LogP contribution is 2.41. The van der Waals surface area contributed by atoms with Crippen LogP contribution in [0.25, 0.3) is 0 Å². The van der Waals surface area contributed by atoms with Crippen LogP contribution in [0.15, 0.2) is 52.1 Å². The number of benzene rings is 2. The predicted octanol–water partition coefficient (Wildman–Crippen LogP) is 4.19. The number of nitrogens with one attached hydrogen (secondary N) is 3. The smallest absolute Gasteiger partial charge is 0.347 e. The van der Waals surface area contributed by atoms with Crippen LogP contribution in [0.4, 0.5) is 14.9 Å². The lowest BCUT2D eigenvalue weighted by Crippen LogP contribution is -2.46. The molecule has 11 heteroatoms. The van der Waals surface area contributed by atoms with E-state index in [1.165, 1.54) is 31.4 Å². The standard InChI is InChI=1S/C24H25BrFN3O6/c1-5-34-23(31)13(3)35-21-17(25)10-14(11-18(21)33-4)20-19(12(2)27-24(32)29-20)22(30)28-16-8-6-15(26)7-9-16/h6-11,13,20H,5H2,1-4H3,(H,28,30)(H2,27,29,32)/t13-,20-/m1/s1. The molecule has 2 aromatic carbocycles. The lowest BCUT2D eigenvalue weighted by molar-refractivity contribution is -0.150. The number of ether oxygens (including phenoxy) is 3. The van der Waals surface area contributed by atoms with Gasteiger partial charge < -0.3 is 30.2 Å². The van der Waals surface area contributed by atoms with Gasteiger partial charge in [-0.1, -0.05) is 0 Å². The van der Waals surface area contributed by atoms with Crippen LogP contribution in [0, 0.1) is 5.82 Å². The van der Waals surface area contributed by atoms with Gasteiger partial charge in [-0.25, -0.2) is 14.0 Å². The van der Waals surface area contributed by atoms with Gasteiger partial charge in [0, 0.05) is 11.4 Å². The lowest BCUT2D eigenvalue weighted by atomic mass is 9.94. The molecule has 0 radical (unpaired) electrons. The topological polar surface area (TPSA) is 115 Å². The Hall–Kier alpha value is -3.60. The van der Waals surface area contributed by atoms with Crippen LogP contribution in [0.5, 0.6) is 11.5 Å². The Bertz CT molecular complexity index is 1170. The summed E-state index contributed by atoms with van der Waals surface area (Å²) >= 11 is 3.43. The van der Waals surface area contributed by atoms with Gasteiger partial charge >= 0.3 is 12.0 Å². The maximum absolute atomic E-state index is 13.2. The number of anilines is 1. The number of carbonyl (C=O) groups is 3. The number of allylic oxidation sites excluding steroid dienone is 1. The average molecular weight is 550 g/mol. The third-order valence-electron chi connectivity index (χ3n) is 5.11. The molecule has 35 heavy (non-hydrogen) atoms. The molecule has 0 saturated carbocycles. The molecule has 1 heterocycles. The zero-order valence-corrected chi connectivity index (χ0v) is 21.1. The van der Waals surface area contributed by atoms with Crippen molar-refractivity contribution in [3.63, 3.8) is 0 Å². The number of rotatable bonds is 8. The van der Waals surface area contributed by atoms with Crippen molar-refractivity contribution in [1.29, 1.82) is 0 Å². The number of methoxy groups -OCH3 is 1. The van der Waals surface area contributed by atoms with Gasteiger partial charge in [0.2, 0.25) is 0 Å². The fraction of sp³-hybridized carbons (Fsp3) is 0.292. The fourth-order valence-electron chi connectivity index (χ4n) is 3.48. The average Bonchev–Trinajstić information content (AvgIpc) is 2.81.